The van der Waals surface area contributed by atoms with Crippen molar-refractivity contribution in [2.45, 2.75) is 55.4 Å². The topological polar surface area (TPSA) is 115 Å². The molecule has 2 aromatic carbocycles. The first-order chi connectivity index (χ1) is 17.7. The third-order valence-corrected chi connectivity index (χ3v) is 3.88. The molecule has 0 bridgehead atoms. The van der Waals surface area contributed by atoms with E-state index in [0.29, 0.717) is 0 Å². The molecule has 0 unspecified atom stereocenters. The highest BCUT2D eigenvalue weighted by atomic mass is 15.1. The Morgan fingerprint density at radius 2 is 1.22 bits per heavy atom. The monoisotopic (exact) mass is 490 g/mol. The molecule has 0 aliphatic rings. The maximum absolute atomic E-state index is 4.26. The number of para-hydroxylation sites is 4. The number of nitrogens with one attached hydrogen (secondary N) is 4. The first-order valence-corrected chi connectivity index (χ1v) is 12.4. The van der Waals surface area contributed by atoms with Crippen LogP contribution in [0.1, 0.15) is 53.2 Å². The molecular weight excluding hydrogens is 448 g/mol. The smallest absolute Gasteiger partial charge is 0.104 e. The zero-order valence-electron chi connectivity index (χ0n) is 22.9. The predicted molar refractivity (Wildman–Crippen MR) is 153 cm³/mol. The molecule has 0 aliphatic carbocycles. The average molecular weight is 491 g/mol. The minimum Gasteiger partial charge on any atom is -0.349 e. The number of rotatable bonds is 0. The van der Waals surface area contributed by atoms with Gasteiger partial charge in [0.1, 0.15) is 11.6 Å². The van der Waals surface area contributed by atoms with E-state index in [0.717, 1.165) is 33.7 Å². The zero-order valence-corrected chi connectivity index (χ0v) is 22.9. The second-order valence-corrected chi connectivity index (χ2v) is 6.20. The molecule has 4 heterocycles. The summed E-state index contributed by atoms with van der Waals surface area (Å²) in [6.45, 7) is 15.9. The van der Waals surface area contributed by atoms with Crippen molar-refractivity contribution in [1.29, 1.82) is 0 Å². The van der Waals surface area contributed by atoms with E-state index in [4.69, 9.17) is 0 Å². The lowest BCUT2D eigenvalue weighted by atomic mass is 10.3. The zero-order chi connectivity index (χ0) is 27.0. The third-order valence-electron chi connectivity index (χ3n) is 3.88. The first kappa shape index (κ1) is 31.8. The van der Waals surface area contributed by atoms with Gasteiger partial charge in [0.25, 0.3) is 0 Å². The van der Waals surface area contributed by atoms with Gasteiger partial charge < -0.3 is 15.0 Å². The van der Waals surface area contributed by atoms with Crippen molar-refractivity contribution >= 4 is 22.1 Å². The molecule has 4 N–H and O–H groups in total. The largest absolute Gasteiger partial charge is 0.349 e. The number of aryl methyl sites for hydroxylation is 2. The maximum atomic E-state index is 4.26. The van der Waals surface area contributed by atoms with E-state index >= 15 is 0 Å². The van der Waals surface area contributed by atoms with Gasteiger partial charge in [0.05, 0.1) is 28.4 Å². The van der Waals surface area contributed by atoms with E-state index in [-0.39, 0.29) is 0 Å². The maximum Gasteiger partial charge on any atom is 0.104 e. The number of aromatic amines is 4. The minimum atomic E-state index is 0.968. The van der Waals surface area contributed by atoms with E-state index in [2.05, 4.69) is 40.1 Å². The molecule has 8 nitrogen and oxygen atoms in total. The highest BCUT2D eigenvalue weighted by molar-refractivity contribution is 5.74. The third kappa shape index (κ3) is 12.9. The molecule has 0 saturated heterocycles. The van der Waals surface area contributed by atoms with Crippen LogP contribution in [0.25, 0.3) is 22.1 Å². The van der Waals surface area contributed by atoms with Crippen LogP contribution in [0.5, 0.6) is 0 Å². The van der Waals surface area contributed by atoms with Crippen LogP contribution >= 0.6 is 0 Å². The number of benzene rings is 2. The number of hydrogen-bond acceptors (Lipinski definition) is 4. The van der Waals surface area contributed by atoms with E-state index < -0.39 is 0 Å². The summed E-state index contributed by atoms with van der Waals surface area (Å²) in [5.41, 5.74) is 4.27. The fraction of sp³-hybridized carbons (Fsp3) is 0.286. The van der Waals surface area contributed by atoms with Gasteiger partial charge in [-0.3, -0.25) is 5.10 Å². The molecule has 0 aliphatic heterocycles. The summed E-state index contributed by atoms with van der Waals surface area (Å²) >= 11 is 0. The fourth-order valence-corrected chi connectivity index (χ4v) is 2.52. The van der Waals surface area contributed by atoms with Crippen molar-refractivity contribution in [2.24, 2.45) is 0 Å². The van der Waals surface area contributed by atoms with Crippen LogP contribution in [-0.4, -0.2) is 40.1 Å². The second-order valence-electron chi connectivity index (χ2n) is 6.20. The van der Waals surface area contributed by atoms with Crippen molar-refractivity contribution in [3.8, 4) is 0 Å². The lowest BCUT2D eigenvalue weighted by Crippen LogP contribution is -1.68. The van der Waals surface area contributed by atoms with Crippen LogP contribution in [0.4, 0.5) is 0 Å². The van der Waals surface area contributed by atoms with Crippen LogP contribution in [0, 0.1) is 13.8 Å². The fourth-order valence-electron chi connectivity index (χ4n) is 2.52. The average Bonchev–Trinajstić information content (AvgIpc) is 3.77. The van der Waals surface area contributed by atoms with Gasteiger partial charge in [0, 0.05) is 24.8 Å². The Morgan fingerprint density at radius 3 is 1.67 bits per heavy atom. The summed E-state index contributed by atoms with van der Waals surface area (Å²) in [7, 11) is 0. The van der Waals surface area contributed by atoms with Crippen LogP contribution in [-0.2, 0) is 0 Å². The molecule has 0 saturated carbocycles. The summed E-state index contributed by atoms with van der Waals surface area (Å²) < 4.78 is 0. The molecule has 36 heavy (non-hydrogen) atoms. The standard InChI is InChI=1S/C8H8N2.C7H6N2.C4H6N2.C3H4N2.3C2H6/c1-6-9-7-4-2-3-5-8(7)10-6;1-2-4-7-6(3-1)8-5-9-7;1-4-5-2-3-6-4;1-2-4-5-3-1;3*1-2/h2-5H,1H3,(H,9,10);1-5H,(H,8,9);2-3H,1H3,(H,5,6);1-3H,(H,4,5);3*1-2H3. The Kier molecular flexibility index (Phi) is 18.9. The quantitative estimate of drug-likeness (QED) is 0.175. The highest BCUT2D eigenvalue weighted by Crippen LogP contribution is 2.08. The summed E-state index contributed by atoms with van der Waals surface area (Å²) in [5, 5.41) is 6.21. The SMILES string of the molecule is CC.CC.CC.Cc1nc2ccccc2[nH]1.Cc1ncc[nH]1.c1ccc2[nH]cnc2c1.c1cn[nH]c1. The Bertz CT molecular complexity index is 1140. The normalized spacial score (nSPS) is 8.56. The lowest BCUT2D eigenvalue weighted by molar-refractivity contribution is 1.09. The van der Waals surface area contributed by atoms with E-state index in [1.54, 1.807) is 31.1 Å². The van der Waals surface area contributed by atoms with Gasteiger partial charge in [-0.2, -0.15) is 5.10 Å². The minimum absolute atomic E-state index is 0.968. The molecule has 194 valence electrons. The Hall–Kier alpha value is -4.20. The molecular formula is C28H42N8. The van der Waals surface area contributed by atoms with Crippen LogP contribution < -0.4 is 0 Å². The first-order valence-electron chi connectivity index (χ1n) is 12.4. The Morgan fingerprint density at radius 1 is 0.583 bits per heavy atom. The van der Waals surface area contributed by atoms with Gasteiger partial charge in [-0.25, -0.2) is 15.0 Å². The van der Waals surface area contributed by atoms with E-state index in [9.17, 15) is 0 Å². The number of H-pyrrole nitrogens is 4. The lowest BCUT2D eigenvalue weighted by Gasteiger charge is -1.81. The van der Waals surface area contributed by atoms with Crippen molar-refractivity contribution in [1.82, 2.24) is 40.1 Å². The van der Waals surface area contributed by atoms with Gasteiger partial charge in [-0.05, 0) is 44.2 Å². The van der Waals surface area contributed by atoms with E-state index in [1.807, 2.05) is 110 Å². The number of nitrogens with zero attached hydrogens (tertiary/aromatic N) is 4. The molecule has 6 aromatic rings. The summed E-state index contributed by atoms with van der Waals surface area (Å²) in [5.74, 6) is 1.94. The van der Waals surface area contributed by atoms with Crippen molar-refractivity contribution in [3.63, 3.8) is 0 Å². The molecule has 0 amide bonds. The summed E-state index contributed by atoms with van der Waals surface area (Å²) in [6, 6.07) is 17.8. The van der Waals surface area contributed by atoms with Gasteiger partial charge in [0.15, 0.2) is 0 Å². The molecule has 4 aromatic heterocycles. The molecule has 6 rings (SSSR count). The number of hydrogen-bond donors (Lipinski definition) is 4. The Labute approximate surface area is 215 Å². The number of aromatic nitrogens is 8. The van der Waals surface area contributed by atoms with Crippen LogP contribution in [0.3, 0.4) is 0 Å². The number of imidazole rings is 3. The molecule has 0 spiro atoms. The molecule has 0 fully saturated rings. The van der Waals surface area contributed by atoms with Gasteiger partial charge in [0.2, 0.25) is 0 Å². The summed E-state index contributed by atoms with van der Waals surface area (Å²) in [6.07, 6.45) is 8.69. The predicted octanol–water partition coefficient (Wildman–Crippen LogP) is 7.64. The van der Waals surface area contributed by atoms with Crippen molar-refractivity contribution in [3.05, 3.63) is 97.4 Å². The van der Waals surface area contributed by atoms with Crippen molar-refractivity contribution < 1.29 is 0 Å². The summed E-state index contributed by atoms with van der Waals surface area (Å²) in [4.78, 5) is 21.2. The second kappa shape index (κ2) is 21.3. The van der Waals surface area contributed by atoms with Crippen LogP contribution in [0.2, 0.25) is 0 Å². The Balaban J connectivity index is 0.000000435. The number of fused-ring (bicyclic) bond motifs is 2. The van der Waals surface area contributed by atoms with E-state index in [1.165, 1.54) is 0 Å². The van der Waals surface area contributed by atoms with Gasteiger partial charge >= 0.3 is 0 Å². The molecule has 0 radical (unpaired) electrons. The highest BCUT2D eigenvalue weighted by Gasteiger charge is 1.94. The van der Waals surface area contributed by atoms with Gasteiger partial charge in [-0.15, -0.1) is 0 Å². The van der Waals surface area contributed by atoms with Gasteiger partial charge in [-0.1, -0.05) is 65.8 Å². The van der Waals surface area contributed by atoms with Crippen LogP contribution in [0.15, 0.2) is 85.7 Å². The molecule has 0 atom stereocenters. The van der Waals surface area contributed by atoms with Crippen molar-refractivity contribution in [2.75, 3.05) is 0 Å². The molecule has 8 heteroatoms.